The Morgan fingerprint density at radius 2 is 2.00 bits per heavy atom. The summed E-state index contributed by atoms with van der Waals surface area (Å²) in [5.41, 5.74) is 0.991. The predicted octanol–water partition coefficient (Wildman–Crippen LogP) is 2.07. The van der Waals surface area contributed by atoms with Crippen LogP contribution < -0.4 is 5.32 Å². The van der Waals surface area contributed by atoms with Crippen molar-refractivity contribution in [3.8, 4) is 0 Å². The summed E-state index contributed by atoms with van der Waals surface area (Å²) in [6.45, 7) is 3.89. The topological polar surface area (TPSA) is 84.7 Å². The van der Waals surface area contributed by atoms with Crippen LogP contribution >= 0.6 is 0 Å². The second-order valence-electron chi connectivity index (χ2n) is 5.53. The highest BCUT2D eigenvalue weighted by Crippen LogP contribution is 2.05. The van der Waals surface area contributed by atoms with Gasteiger partial charge in [0.05, 0.1) is 6.61 Å². The normalized spacial score (nSPS) is 10.6. The van der Waals surface area contributed by atoms with E-state index in [1.165, 1.54) is 17.2 Å². The van der Waals surface area contributed by atoms with Gasteiger partial charge in [0, 0.05) is 12.1 Å². The molecule has 7 heteroatoms. The lowest BCUT2D eigenvalue weighted by Crippen LogP contribution is -2.44. The van der Waals surface area contributed by atoms with Crippen LogP contribution in [-0.4, -0.2) is 41.1 Å². The van der Waals surface area contributed by atoms with Crippen LogP contribution in [0.25, 0.3) is 0 Å². The molecule has 0 unspecified atom stereocenters. The molecule has 0 bridgehead atoms. The summed E-state index contributed by atoms with van der Waals surface area (Å²) in [6, 6.07) is 11.0. The first kappa shape index (κ1) is 17.7. The van der Waals surface area contributed by atoms with Crippen molar-refractivity contribution >= 4 is 17.6 Å². The Kier molecular flexibility index (Phi) is 6.51. The summed E-state index contributed by atoms with van der Waals surface area (Å²) in [6.07, 6.45) is 1.36. The average molecular weight is 331 g/mol. The highest BCUT2D eigenvalue weighted by atomic mass is 16.5. The molecule has 0 saturated carbocycles. The van der Waals surface area contributed by atoms with Gasteiger partial charge in [-0.25, -0.2) is 0 Å². The predicted molar refractivity (Wildman–Crippen MR) is 88.1 cm³/mol. The van der Waals surface area contributed by atoms with E-state index >= 15 is 0 Å². The van der Waals surface area contributed by atoms with Crippen molar-refractivity contribution in [3.05, 3.63) is 48.2 Å². The van der Waals surface area contributed by atoms with E-state index in [4.69, 9.17) is 4.74 Å². The average Bonchev–Trinajstić information content (AvgIpc) is 3.06. The number of ether oxygens (including phenoxy) is 1. The summed E-state index contributed by atoms with van der Waals surface area (Å²) in [5.74, 6) is -0.262. The molecular formula is C17H21N3O4. The number of anilines is 1. The third-order valence-corrected chi connectivity index (χ3v) is 3.30. The number of aromatic nitrogens is 1. The Morgan fingerprint density at radius 3 is 2.62 bits per heavy atom. The molecule has 1 aromatic heterocycles. The van der Waals surface area contributed by atoms with Crippen LogP contribution in [-0.2, 0) is 20.9 Å². The highest BCUT2D eigenvalue weighted by molar-refractivity contribution is 5.94. The van der Waals surface area contributed by atoms with Crippen LogP contribution in [0, 0.1) is 0 Å². The molecule has 0 saturated heterocycles. The van der Waals surface area contributed by atoms with Crippen molar-refractivity contribution in [1.82, 2.24) is 10.1 Å². The van der Waals surface area contributed by atoms with E-state index in [2.05, 4.69) is 15.0 Å². The van der Waals surface area contributed by atoms with Crippen molar-refractivity contribution in [2.75, 3.05) is 18.5 Å². The van der Waals surface area contributed by atoms with Crippen LogP contribution in [0.15, 0.2) is 47.2 Å². The largest absolute Gasteiger partial charge is 0.367 e. The third-order valence-electron chi connectivity index (χ3n) is 3.30. The molecule has 0 radical (unpaired) electrons. The molecule has 1 aromatic carbocycles. The first-order valence-corrected chi connectivity index (χ1v) is 7.67. The Bertz CT molecular complexity index is 641. The van der Waals surface area contributed by atoms with E-state index in [-0.39, 0.29) is 31.0 Å². The van der Waals surface area contributed by atoms with Gasteiger partial charge in [0.25, 0.3) is 0 Å². The Hall–Kier alpha value is -2.67. The molecule has 0 fully saturated rings. The van der Waals surface area contributed by atoms with Gasteiger partial charge in [-0.3, -0.25) is 9.59 Å². The Morgan fingerprint density at radius 1 is 1.25 bits per heavy atom. The van der Waals surface area contributed by atoms with Gasteiger partial charge in [-0.05, 0) is 19.4 Å². The molecular weight excluding hydrogens is 310 g/mol. The van der Waals surface area contributed by atoms with Crippen LogP contribution in [0.3, 0.4) is 0 Å². The summed E-state index contributed by atoms with van der Waals surface area (Å²) >= 11 is 0. The van der Waals surface area contributed by atoms with Gasteiger partial charge in [0.15, 0.2) is 5.82 Å². The fraction of sp³-hybridized carbons (Fsp3) is 0.353. The van der Waals surface area contributed by atoms with Crippen LogP contribution in [0.4, 0.5) is 5.82 Å². The van der Waals surface area contributed by atoms with Gasteiger partial charge in [0.2, 0.25) is 11.8 Å². The van der Waals surface area contributed by atoms with Gasteiger partial charge in [-0.2, -0.15) is 0 Å². The minimum Gasteiger partial charge on any atom is -0.367 e. The SMILES string of the molecule is CC(C)N(CC(=O)Nc1ccon1)C(=O)COCc1ccccc1. The quantitative estimate of drug-likeness (QED) is 0.800. The molecule has 0 spiro atoms. The number of carbonyl (C=O) groups is 2. The molecule has 0 aliphatic rings. The minimum absolute atomic E-state index is 0.0714. The molecule has 1 heterocycles. The maximum Gasteiger partial charge on any atom is 0.249 e. The fourth-order valence-electron chi connectivity index (χ4n) is 2.09. The van der Waals surface area contributed by atoms with Crippen molar-refractivity contribution in [1.29, 1.82) is 0 Å². The van der Waals surface area contributed by atoms with E-state index in [0.717, 1.165) is 5.56 Å². The number of carbonyl (C=O) groups excluding carboxylic acids is 2. The highest BCUT2D eigenvalue weighted by Gasteiger charge is 2.20. The monoisotopic (exact) mass is 331 g/mol. The zero-order valence-electron chi connectivity index (χ0n) is 13.8. The minimum atomic E-state index is -0.339. The van der Waals surface area contributed by atoms with E-state index in [1.807, 2.05) is 44.2 Å². The number of benzene rings is 1. The molecule has 7 nitrogen and oxygen atoms in total. The lowest BCUT2D eigenvalue weighted by atomic mass is 10.2. The van der Waals surface area contributed by atoms with Crippen molar-refractivity contribution < 1.29 is 18.8 Å². The molecule has 0 atom stereocenters. The van der Waals surface area contributed by atoms with Crippen LogP contribution in [0.2, 0.25) is 0 Å². The number of rotatable bonds is 8. The molecule has 2 amide bonds. The van der Waals surface area contributed by atoms with Crippen molar-refractivity contribution in [2.24, 2.45) is 0 Å². The number of nitrogens with one attached hydrogen (secondary N) is 1. The number of amides is 2. The van der Waals surface area contributed by atoms with E-state index in [9.17, 15) is 9.59 Å². The summed E-state index contributed by atoms with van der Waals surface area (Å²) in [5, 5.41) is 6.17. The molecule has 24 heavy (non-hydrogen) atoms. The van der Waals surface area contributed by atoms with E-state index in [0.29, 0.717) is 12.4 Å². The second-order valence-corrected chi connectivity index (χ2v) is 5.53. The van der Waals surface area contributed by atoms with Gasteiger partial charge in [-0.15, -0.1) is 0 Å². The lowest BCUT2D eigenvalue weighted by Gasteiger charge is -2.25. The summed E-state index contributed by atoms with van der Waals surface area (Å²) in [7, 11) is 0. The standard InChI is InChI=1S/C17H21N3O4/c1-13(2)20(10-16(21)18-15-8-9-24-19-15)17(22)12-23-11-14-6-4-3-5-7-14/h3-9,13H,10-12H2,1-2H3,(H,18,19,21). The zero-order chi connectivity index (χ0) is 17.4. The smallest absolute Gasteiger partial charge is 0.249 e. The Labute approximate surface area is 140 Å². The maximum absolute atomic E-state index is 12.3. The number of nitrogens with zero attached hydrogens (tertiary/aromatic N) is 2. The molecule has 2 rings (SSSR count). The van der Waals surface area contributed by atoms with Crippen LogP contribution in [0.5, 0.6) is 0 Å². The zero-order valence-corrected chi connectivity index (χ0v) is 13.8. The second kappa shape index (κ2) is 8.83. The van der Waals surface area contributed by atoms with Crippen molar-refractivity contribution in [2.45, 2.75) is 26.5 Å². The molecule has 0 aliphatic carbocycles. The lowest BCUT2D eigenvalue weighted by molar-refractivity contribution is -0.141. The number of hydrogen-bond donors (Lipinski definition) is 1. The van der Waals surface area contributed by atoms with Crippen molar-refractivity contribution in [3.63, 3.8) is 0 Å². The fourth-order valence-corrected chi connectivity index (χ4v) is 2.09. The molecule has 1 N–H and O–H groups in total. The van der Waals surface area contributed by atoms with Gasteiger partial charge < -0.3 is 19.5 Å². The maximum atomic E-state index is 12.3. The number of hydrogen-bond acceptors (Lipinski definition) is 5. The Balaban J connectivity index is 1.82. The van der Waals surface area contributed by atoms with Gasteiger partial charge in [-0.1, -0.05) is 35.5 Å². The molecule has 2 aromatic rings. The summed E-state index contributed by atoms with van der Waals surface area (Å²) < 4.78 is 10.1. The van der Waals surface area contributed by atoms with Crippen LogP contribution in [0.1, 0.15) is 19.4 Å². The van der Waals surface area contributed by atoms with Gasteiger partial charge >= 0.3 is 0 Å². The third kappa shape index (κ3) is 5.51. The molecule has 128 valence electrons. The summed E-state index contributed by atoms with van der Waals surface area (Å²) in [4.78, 5) is 25.8. The van der Waals surface area contributed by atoms with E-state index in [1.54, 1.807) is 0 Å². The van der Waals surface area contributed by atoms with E-state index < -0.39 is 0 Å². The first-order valence-electron chi connectivity index (χ1n) is 7.67. The first-order chi connectivity index (χ1) is 11.6. The molecule has 0 aliphatic heterocycles. The van der Waals surface area contributed by atoms with Gasteiger partial charge in [0.1, 0.15) is 19.4 Å².